The van der Waals surface area contributed by atoms with Crippen molar-refractivity contribution in [3.05, 3.63) is 59.4 Å². The van der Waals surface area contributed by atoms with Gasteiger partial charge in [-0.3, -0.25) is 4.98 Å². The van der Waals surface area contributed by atoms with Gasteiger partial charge >= 0.3 is 6.03 Å². The first-order valence-corrected chi connectivity index (χ1v) is 7.61. The number of aromatic nitrogens is 1. The summed E-state index contributed by atoms with van der Waals surface area (Å²) in [5.74, 6) is 0.366. The number of benzene rings is 1. The Morgan fingerprint density at radius 2 is 2.05 bits per heavy atom. The molecule has 0 fully saturated rings. The Kier molecular flexibility index (Phi) is 5.53. The molecule has 4 heteroatoms. The molecule has 0 aliphatic carbocycles. The molecule has 0 atom stereocenters. The molecule has 0 saturated heterocycles. The van der Waals surface area contributed by atoms with Crippen LogP contribution in [0.25, 0.3) is 0 Å². The number of urea groups is 1. The highest BCUT2D eigenvalue weighted by atomic mass is 16.2. The molecular weight excluding hydrogens is 274 g/mol. The first kappa shape index (κ1) is 16.0. The lowest BCUT2D eigenvalue weighted by Crippen LogP contribution is -2.31. The minimum atomic E-state index is -0.167. The maximum atomic E-state index is 12.1. The van der Waals surface area contributed by atoms with Crippen LogP contribution in [-0.4, -0.2) is 17.6 Å². The predicted octanol–water partition coefficient (Wildman–Crippen LogP) is 3.88. The molecule has 22 heavy (non-hydrogen) atoms. The maximum Gasteiger partial charge on any atom is 0.319 e. The Labute approximate surface area is 132 Å². The lowest BCUT2D eigenvalue weighted by atomic mass is 9.98. The Morgan fingerprint density at radius 1 is 1.23 bits per heavy atom. The van der Waals surface area contributed by atoms with E-state index in [4.69, 9.17) is 0 Å². The molecule has 0 aliphatic heterocycles. The summed E-state index contributed by atoms with van der Waals surface area (Å²) in [6.07, 6.45) is 4.33. The molecule has 2 amide bonds. The third kappa shape index (κ3) is 4.32. The van der Waals surface area contributed by atoms with Crippen LogP contribution in [0, 0.1) is 6.92 Å². The molecule has 1 heterocycles. The van der Waals surface area contributed by atoms with Gasteiger partial charge in [0.1, 0.15) is 0 Å². The van der Waals surface area contributed by atoms with Crippen LogP contribution in [-0.2, 0) is 6.42 Å². The topological polar surface area (TPSA) is 54.0 Å². The zero-order valence-electron chi connectivity index (χ0n) is 13.4. The summed E-state index contributed by atoms with van der Waals surface area (Å²) in [6.45, 7) is 6.85. The molecule has 0 radical (unpaired) electrons. The number of pyridine rings is 1. The van der Waals surface area contributed by atoms with Gasteiger partial charge in [0.25, 0.3) is 0 Å². The molecule has 0 unspecified atom stereocenters. The highest BCUT2D eigenvalue weighted by molar-refractivity contribution is 5.91. The van der Waals surface area contributed by atoms with Crippen molar-refractivity contribution in [3.8, 4) is 0 Å². The van der Waals surface area contributed by atoms with Gasteiger partial charge in [-0.25, -0.2) is 4.79 Å². The fraction of sp³-hybridized carbons (Fsp3) is 0.333. The van der Waals surface area contributed by atoms with E-state index in [1.54, 1.807) is 6.20 Å². The van der Waals surface area contributed by atoms with Gasteiger partial charge in [-0.1, -0.05) is 38.1 Å². The van der Waals surface area contributed by atoms with Crippen molar-refractivity contribution in [2.24, 2.45) is 0 Å². The van der Waals surface area contributed by atoms with E-state index in [0.717, 1.165) is 28.8 Å². The summed E-state index contributed by atoms with van der Waals surface area (Å²) in [7, 11) is 0. The van der Waals surface area contributed by atoms with Crippen LogP contribution in [0.2, 0.25) is 0 Å². The highest BCUT2D eigenvalue weighted by Gasteiger charge is 2.11. The second kappa shape index (κ2) is 7.59. The summed E-state index contributed by atoms with van der Waals surface area (Å²) < 4.78 is 0. The number of anilines is 1. The van der Waals surface area contributed by atoms with Gasteiger partial charge in [-0.05, 0) is 42.0 Å². The number of rotatable bonds is 5. The molecule has 1 aromatic heterocycles. The minimum Gasteiger partial charge on any atom is -0.338 e. The fourth-order valence-corrected chi connectivity index (χ4v) is 2.37. The number of hydrogen-bond donors (Lipinski definition) is 2. The zero-order chi connectivity index (χ0) is 15.9. The fourth-order valence-electron chi connectivity index (χ4n) is 2.37. The molecule has 116 valence electrons. The molecular formula is C18H23N3O. The van der Waals surface area contributed by atoms with Crippen molar-refractivity contribution in [2.75, 3.05) is 11.9 Å². The largest absolute Gasteiger partial charge is 0.338 e. The van der Waals surface area contributed by atoms with Gasteiger partial charge in [0.05, 0.1) is 0 Å². The van der Waals surface area contributed by atoms with Crippen molar-refractivity contribution in [3.63, 3.8) is 0 Å². The molecule has 2 rings (SSSR count). The number of nitrogens with one attached hydrogen (secondary N) is 2. The lowest BCUT2D eigenvalue weighted by Gasteiger charge is -2.16. The SMILES string of the molecule is Cc1cccc(C(C)C)c1NC(=O)NCCc1cccnc1. The Bertz CT molecular complexity index is 623. The molecule has 2 aromatic rings. The van der Waals surface area contributed by atoms with Crippen LogP contribution >= 0.6 is 0 Å². The zero-order valence-corrected chi connectivity index (χ0v) is 13.4. The van der Waals surface area contributed by atoms with Gasteiger partial charge < -0.3 is 10.6 Å². The summed E-state index contributed by atoms with van der Waals surface area (Å²) in [5, 5.41) is 5.88. The van der Waals surface area contributed by atoms with Crippen LogP contribution in [0.3, 0.4) is 0 Å². The predicted molar refractivity (Wildman–Crippen MR) is 90.2 cm³/mol. The van der Waals surface area contributed by atoms with Gasteiger partial charge in [0.2, 0.25) is 0 Å². The van der Waals surface area contributed by atoms with Crippen LogP contribution in [0.4, 0.5) is 10.5 Å². The Morgan fingerprint density at radius 3 is 2.73 bits per heavy atom. The number of para-hydroxylation sites is 1. The number of carbonyl (C=O) groups is 1. The molecule has 4 nitrogen and oxygen atoms in total. The van der Waals surface area contributed by atoms with Crippen LogP contribution in [0.5, 0.6) is 0 Å². The average Bonchev–Trinajstić information content (AvgIpc) is 2.50. The maximum absolute atomic E-state index is 12.1. The van der Waals surface area contributed by atoms with Gasteiger partial charge in [-0.2, -0.15) is 0 Å². The van der Waals surface area contributed by atoms with E-state index in [1.807, 2.05) is 37.4 Å². The molecule has 2 N–H and O–H groups in total. The van der Waals surface area contributed by atoms with Gasteiger partial charge in [0, 0.05) is 24.6 Å². The Balaban J connectivity index is 1.92. The monoisotopic (exact) mass is 297 g/mol. The smallest absolute Gasteiger partial charge is 0.319 e. The van der Waals surface area contributed by atoms with Gasteiger partial charge in [0.15, 0.2) is 0 Å². The van der Waals surface area contributed by atoms with E-state index in [1.165, 1.54) is 0 Å². The summed E-state index contributed by atoms with van der Waals surface area (Å²) >= 11 is 0. The number of aryl methyl sites for hydroxylation is 1. The van der Waals surface area contributed by atoms with E-state index < -0.39 is 0 Å². The first-order chi connectivity index (χ1) is 10.6. The molecule has 0 bridgehead atoms. The number of amides is 2. The van der Waals surface area contributed by atoms with Crippen molar-refractivity contribution in [1.29, 1.82) is 0 Å². The average molecular weight is 297 g/mol. The minimum absolute atomic E-state index is 0.167. The number of nitrogens with zero attached hydrogens (tertiary/aromatic N) is 1. The second-order valence-electron chi connectivity index (χ2n) is 5.69. The first-order valence-electron chi connectivity index (χ1n) is 7.61. The normalized spacial score (nSPS) is 10.5. The van der Waals surface area contributed by atoms with E-state index in [0.29, 0.717) is 12.5 Å². The standard InChI is InChI=1S/C18H23N3O/c1-13(2)16-8-4-6-14(3)17(16)21-18(22)20-11-9-15-7-5-10-19-12-15/h4-8,10,12-13H,9,11H2,1-3H3,(H2,20,21,22). The number of carbonyl (C=O) groups excluding carboxylic acids is 1. The van der Waals surface area contributed by atoms with E-state index in [9.17, 15) is 4.79 Å². The van der Waals surface area contributed by atoms with Crippen molar-refractivity contribution in [2.45, 2.75) is 33.1 Å². The van der Waals surface area contributed by atoms with Gasteiger partial charge in [-0.15, -0.1) is 0 Å². The summed E-state index contributed by atoms with van der Waals surface area (Å²) in [5.41, 5.74) is 4.26. The quantitative estimate of drug-likeness (QED) is 0.880. The van der Waals surface area contributed by atoms with E-state index in [2.05, 4.69) is 35.5 Å². The second-order valence-corrected chi connectivity index (χ2v) is 5.69. The third-order valence-electron chi connectivity index (χ3n) is 3.59. The van der Waals surface area contributed by atoms with E-state index in [-0.39, 0.29) is 6.03 Å². The van der Waals surface area contributed by atoms with Crippen LogP contribution in [0.1, 0.15) is 36.5 Å². The van der Waals surface area contributed by atoms with E-state index >= 15 is 0 Å². The Hall–Kier alpha value is -2.36. The summed E-state index contributed by atoms with van der Waals surface area (Å²) in [6, 6.07) is 9.83. The van der Waals surface area contributed by atoms with Crippen molar-refractivity contribution in [1.82, 2.24) is 10.3 Å². The third-order valence-corrected chi connectivity index (χ3v) is 3.59. The van der Waals surface area contributed by atoms with Crippen LogP contribution in [0.15, 0.2) is 42.7 Å². The summed E-state index contributed by atoms with van der Waals surface area (Å²) in [4.78, 5) is 16.2. The lowest BCUT2D eigenvalue weighted by molar-refractivity contribution is 0.252. The molecule has 0 spiro atoms. The van der Waals surface area contributed by atoms with Crippen molar-refractivity contribution < 1.29 is 4.79 Å². The number of hydrogen-bond acceptors (Lipinski definition) is 2. The highest BCUT2D eigenvalue weighted by Crippen LogP contribution is 2.27. The molecule has 0 aliphatic rings. The molecule has 0 saturated carbocycles. The van der Waals surface area contributed by atoms with Crippen LogP contribution < -0.4 is 10.6 Å². The van der Waals surface area contributed by atoms with Crippen molar-refractivity contribution >= 4 is 11.7 Å². The molecule has 1 aromatic carbocycles.